The van der Waals surface area contributed by atoms with E-state index in [4.69, 9.17) is 4.74 Å². The zero-order valence-corrected chi connectivity index (χ0v) is 12.4. The van der Waals surface area contributed by atoms with Crippen molar-refractivity contribution in [2.45, 2.75) is 84.8 Å². The molecule has 0 radical (unpaired) electrons. The average molecular weight is 243 g/mol. The highest BCUT2D eigenvalue weighted by Gasteiger charge is 2.18. The second-order valence-electron chi connectivity index (χ2n) is 4.77. The van der Waals surface area contributed by atoms with Gasteiger partial charge >= 0.3 is 0 Å². The molecule has 2 nitrogen and oxygen atoms in total. The van der Waals surface area contributed by atoms with E-state index in [1.807, 2.05) is 0 Å². The highest BCUT2D eigenvalue weighted by atomic mass is 16.5. The lowest BCUT2D eigenvalue weighted by Crippen LogP contribution is -2.41. The third-order valence-corrected chi connectivity index (χ3v) is 3.32. The lowest BCUT2D eigenvalue weighted by Gasteiger charge is -2.27. The molecule has 0 rings (SSSR count). The molecule has 0 aromatic carbocycles. The number of hydrogen-bond donors (Lipinski definition) is 1. The summed E-state index contributed by atoms with van der Waals surface area (Å²) < 4.78 is 5.82. The Kier molecular flexibility index (Phi) is 12.3. The first-order valence-corrected chi connectivity index (χ1v) is 7.64. The van der Waals surface area contributed by atoms with Crippen molar-refractivity contribution < 1.29 is 4.74 Å². The molecule has 0 aromatic rings. The molecule has 17 heavy (non-hydrogen) atoms. The van der Waals surface area contributed by atoms with Gasteiger partial charge in [0.25, 0.3) is 0 Å². The van der Waals surface area contributed by atoms with E-state index in [2.05, 4.69) is 33.0 Å². The standard InChI is InChI=1S/C15H33NO/c1-5-9-10-11-12-13-14(16-7-3)15(6-2)17-8-4/h14-16H,5-13H2,1-4H3. The Morgan fingerprint density at radius 1 is 0.941 bits per heavy atom. The van der Waals surface area contributed by atoms with Crippen LogP contribution in [0.5, 0.6) is 0 Å². The first kappa shape index (κ1) is 16.9. The normalized spacial score (nSPS) is 14.8. The van der Waals surface area contributed by atoms with Crippen LogP contribution in [0.2, 0.25) is 0 Å². The molecule has 0 aliphatic rings. The van der Waals surface area contributed by atoms with Crippen LogP contribution in [-0.2, 0) is 4.74 Å². The van der Waals surface area contributed by atoms with Gasteiger partial charge in [0.2, 0.25) is 0 Å². The van der Waals surface area contributed by atoms with Gasteiger partial charge in [-0.15, -0.1) is 0 Å². The van der Waals surface area contributed by atoms with Crippen LogP contribution in [0.3, 0.4) is 0 Å². The van der Waals surface area contributed by atoms with Crippen LogP contribution < -0.4 is 5.32 Å². The summed E-state index contributed by atoms with van der Waals surface area (Å²) >= 11 is 0. The first-order chi connectivity index (χ1) is 8.29. The van der Waals surface area contributed by atoms with Crippen LogP contribution in [0.4, 0.5) is 0 Å². The van der Waals surface area contributed by atoms with Gasteiger partial charge in [-0.3, -0.25) is 0 Å². The Bertz CT molecular complexity index is 150. The molecule has 0 amide bonds. The summed E-state index contributed by atoms with van der Waals surface area (Å²) in [7, 11) is 0. The van der Waals surface area contributed by atoms with Gasteiger partial charge in [-0.25, -0.2) is 0 Å². The molecular weight excluding hydrogens is 210 g/mol. The Morgan fingerprint density at radius 3 is 2.18 bits per heavy atom. The fourth-order valence-electron chi connectivity index (χ4n) is 2.38. The van der Waals surface area contributed by atoms with E-state index in [1.165, 1.54) is 38.5 Å². The highest BCUT2D eigenvalue weighted by Crippen LogP contribution is 2.13. The summed E-state index contributed by atoms with van der Waals surface area (Å²) in [6, 6.07) is 0.548. The van der Waals surface area contributed by atoms with Gasteiger partial charge in [0.15, 0.2) is 0 Å². The van der Waals surface area contributed by atoms with Gasteiger partial charge in [0.05, 0.1) is 6.10 Å². The maximum atomic E-state index is 5.82. The number of rotatable bonds is 12. The van der Waals surface area contributed by atoms with Crippen molar-refractivity contribution in [1.82, 2.24) is 5.32 Å². The van der Waals surface area contributed by atoms with Gasteiger partial charge in [-0.1, -0.05) is 52.9 Å². The lowest BCUT2D eigenvalue weighted by atomic mass is 10.0. The van der Waals surface area contributed by atoms with E-state index in [0.717, 1.165) is 19.6 Å². The van der Waals surface area contributed by atoms with Crippen LogP contribution in [0.25, 0.3) is 0 Å². The van der Waals surface area contributed by atoms with Crippen molar-refractivity contribution in [1.29, 1.82) is 0 Å². The molecule has 1 N–H and O–H groups in total. The largest absolute Gasteiger partial charge is 0.377 e. The fourth-order valence-corrected chi connectivity index (χ4v) is 2.38. The average Bonchev–Trinajstić information content (AvgIpc) is 2.34. The molecule has 0 bridgehead atoms. The number of ether oxygens (including phenoxy) is 1. The first-order valence-electron chi connectivity index (χ1n) is 7.64. The third-order valence-electron chi connectivity index (χ3n) is 3.32. The van der Waals surface area contributed by atoms with Gasteiger partial charge < -0.3 is 10.1 Å². The van der Waals surface area contributed by atoms with Crippen molar-refractivity contribution in [2.75, 3.05) is 13.2 Å². The molecule has 0 saturated heterocycles. The van der Waals surface area contributed by atoms with Gasteiger partial charge in [-0.2, -0.15) is 0 Å². The Morgan fingerprint density at radius 2 is 1.65 bits per heavy atom. The van der Waals surface area contributed by atoms with Crippen LogP contribution in [0.1, 0.15) is 72.6 Å². The second kappa shape index (κ2) is 12.4. The SMILES string of the molecule is CCCCCCCC(NCC)C(CC)OCC. The van der Waals surface area contributed by atoms with Crippen LogP contribution in [-0.4, -0.2) is 25.3 Å². The predicted molar refractivity (Wildman–Crippen MR) is 76.5 cm³/mol. The van der Waals surface area contributed by atoms with E-state index >= 15 is 0 Å². The number of likely N-dealkylation sites (N-methyl/N-ethyl adjacent to an activating group) is 1. The van der Waals surface area contributed by atoms with Crippen molar-refractivity contribution in [3.63, 3.8) is 0 Å². The maximum absolute atomic E-state index is 5.82. The summed E-state index contributed by atoms with van der Waals surface area (Å²) in [5.41, 5.74) is 0. The third kappa shape index (κ3) is 8.62. The minimum absolute atomic E-state index is 0.395. The van der Waals surface area contributed by atoms with Gasteiger partial charge in [0, 0.05) is 12.6 Å². The quantitative estimate of drug-likeness (QED) is 0.520. The highest BCUT2D eigenvalue weighted by molar-refractivity contribution is 4.75. The zero-order chi connectivity index (χ0) is 12.9. The number of nitrogens with one attached hydrogen (secondary N) is 1. The predicted octanol–water partition coefficient (Wildman–Crippen LogP) is 4.14. The molecule has 0 aromatic heterocycles. The van der Waals surface area contributed by atoms with E-state index in [9.17, 15) is 0 Å². The van der Waals surface area contributed by atoms with Crippen LogP contribution in [0.15, 0.2) is 0 Å². The van der Waals surface area contributed by atoms with Crippen molar-refractivity contribution in [3.8, 4) is 0 Å². The molecule has 0 saturated carbocycles. The van der Waals surface area contributed by atoms with Gasteiger partial charge in [0.1, 0.15) is 0 Å². The van der Waals surface area contributed by atoms with E-state index in [0.29, 0.717) is 12.1 Å². The molecule has 2 unspecified atom stereocenters. The second-order valence-corrected chi connectivity index (χ2v) is 4.77. The summed E-state index contributed by atoms with van der Waals surface area (Å²) in [6.45, 7) is 10.6. The van der Waals surface area contributed by atoms with Gasteiger partial charge in [-0.05, 0) is 26.3 Å². The van der Waals surface area contributed by atoms with E-state index in [-0.39, 0.29) is 0 Å². The Balaban J connectivity index is 3.86. The molecule has 0 aliphatic carbocycles. The van der Waals surface area contributed by atoms with Crippen LogP contribution in [0, 0.1) is 0 Å². The minimum atomic E-state index is 0.395. The summed E-state index contributed by atoms with van der Waals surface area (Å²) in [6.07, 6.45) is 9.57. The summed E-state index contributed by atoms with van der Waals surface area (Å²) in [5.74, 6) is 0. The fraction of sp³-hybridized carbons (Fsp3) is 1.00. The number of unbranched alkanes of at least 4 members (excludes halogenated alkanes) is 4. The monoisotopic (exact) mass is 243 g/mol. The van der Waals surface area contributed by atoms with Crippen molar-refractivity contribution >= 4 is 0 Å². The Hall–Kier alpha value is -0.0800. The Labute approximate surface area is 109 Å². The topological polar surface area (TPSA) is 21.3 Å². The molecule has 0 fully saturated rings. The molecule has 0 spiro atoms. The molecule has 2 heteroatoms. The molecule has 0 heterocycles. The lowest BCUT2D eigenvalue weighted by molar-refractivity contribution is 0.0294. The summed E-state index contributed by atoms with van der Waals surface area (Å²) in [4.78, 5) is 0. The molecular formula is C15H33NO. The van der Waals surface area contributed by atoms with Crippen molar-refractivity contribution in [3.05, 3.63) is 0 Å². The summed E-state index contributed by atoms with van der Waals surface area (Å²) in [5, 5.41) is 3.58. The molecule has 104 valence electrons. The van der Waals surface area contributed by atoms with Crippen LogP contribution >= 0.6 is 0 Å². The minimum Gasteiger partial charge on any atom is -0.377 e. The zero-order valence-electron chi connectivity index (χ0n) is 12.4. The van der Waals surface area contributed by atoms with E-state index in [1.54, 1.807) is 0 Å². The maximum Gasteiger partial charge on any atom is 0.0725 e. The van der Waals surface area contributed by atoms with Crippen molar-refractivity contribution in [2.24, 2.45) is 0 Å². The molecule has 0 aliphatic heterocycles. The smallest absolute Gasteiger partial charge is 0.0725 e. The van der Waals surface area contributed by atoms with E-state index < -0.39 is 0 Å². The number of hydrogen-bond acceptors (Lipinski definition) is 2. The molecule has 2 atom stereocenters.